The van der Waals surface area contributed by atoms with Gasteiger partial charge in [0.1, 0.15) is 12.6 Å². The SMILES string of the molecule is C/C=C1/COC(=O)[C@@H]2[C@H]1C[C@H]1c3c(c4ccccc4n32)CCN1C(C)=O. The third-order valence-electron chi connectivity index (χ3n) is 6.36. The van der Waals surface area contributed by atoms with Gasteiger partial charge in [0, 0.05) is 36.0 Å². The Morgan fingerprint density at radius 2 is 2.12 bits per heavy atom. The van der Waals surface area contributed by atoms with Crippen molar-refractivity contribution in [3.05, 3.63) is 47.2 Å². The number of allylic oxidation sites excluding steroid dienone is 1. The second kappa shape index (κ2) is 5.47. The summed E-state index contributed by atoms with van der Waals surface area (Å²) in [6.45, 7) is 4.76. The second-order valence-corrected chi connectivity index (χ2v) is 7.49. The second-order valence-electron chi connectivity index (χ2n) is 7.49. The summed E-state index contributed by atoms with van der Waals surface area (Å²) in [5.41, 5.74) is 4.68. The maximum atomic E-state index is 12.8. The van der Waals surface area contributed by atoms with E-state index >= 15 is 0 Å². The number of hydrogen-bond donors (Lipinski definition) is 0. The fourth-order valence-corrected chi connectivity index (χ4v) is 5.25. The quantitative estimate of drug-likeness (QED) is 0.542. The highest BCUT2D eigenvalue weighted by Gasteiger charge is 2.49. The number of ether oxygens (including phenoxy) is 1. The summed E-state index contributed by atoms with van der Waals surface area (Å²) in [6.07, 6.45) is 3.70. The molecule has 1 aromatic heterocycles. The summed E-state index contributed by atoms with van der Waals surface area (Å²) in [5, 5.41) is 1.21. The first-order valence-corrected chi connectivity index (χ1v) is 9.32. The van der Waals surface area contributed by atoms with E-state index in [4.69, 9.17) is 4.74 Å². The predicted molar refractivity (Wildman–Crippen MR) is 97.6 cm³/mol. The lowest BCUT2D eigenvalue weighted by atomic mass is 9.78. The monoisotopic (exact) mass is 350 g/mol. The van der Waals surface area contributed by atoms with E-state index in [1.807, 2.05) is 24.0 Å². The van der Waals surface area contributed by atoms with Gasteiger partial charge in [-0.3, -0.25) is 4.79 Å². The molecule has 4 heterocycles. The normalized spacial score (nSPS) is 28.7. The first kappa shape index (κ1) is 15.7. The summed E-state index contributed by atoms with van der Waals surface area (Å²) < 4.78 is 7.70. The molecule has 0 N–H and O–H groups in total. The number of hydrogen-bond acceptors (Lipinski definition) is 3. The average molecular weight is 350 g/mol. The molecule has 1 aromatic carbocycles. The lowest BCUT2D eigenvalue weighted by Gasteiger charge is -2.46. The molecular weight excluding hydrogens is 328 g/mol. The van der Waals surface area contributed by atoms with Crippen molar-refractivity contribution in [2.24, 2.45) is 5.92 Å². The zero-order chi connectivity index (χ0) is 18.0. The molecule has 1 saturated heterocycles. The van der Waals surface area contributed by atoms with Crippen molar-refractivity contribution in [2.45, 2.75) is 38.8 Å². The van der Waals surface area contributed by atoms with Crippen molar-refractivity contribution in [1.82, 2.24) is 9.47 Å². The number of esters is 1. The summed E-state index contributed by atoms with van der Waals surface area (Å²) in [5.74, 6) is 0.0428. The van der Waals surface area contributed by atoms with Crippen LogP contribution in [0.25, 0.3) is 10.9 Å². The number of para-hydroxylation sites is 1. The molecule has 3 aliphatic rings. The zero-order valence-electron chi connectivity index (χ0n) is 15.1. The summed E-state index contributed by atoms with van der Waals surface area (Å²) in [4.78, 5) is 27.1. The van der Waals surface area contributed by atoms with E-state index in [-0.39, 0.29) is 29.9 Å². The fraction of sp³-hybridized carbons (Fsp3) is 0.429. The lowest BCUT2D eigenvalue weighted by molar-refractivity contribution is -0.153. The van der Waals surface area contributed by atoms with Crippen LogP contribution in [-0.4, -0.2) is 34.5 Å². The molecule has 26 heavy (non-hydrogen) atoms. The van der Waals surface area contributed by atoms with Gasteiger partial charge < -0.3 is 14.2 Å². The van der Waals surface area contributed by atoms with E-state index in [2.05, 4.69) is 22.8 Å². The van der Waals surface area contributed by atoms with Crippen molar-refractivity contribution in [3.8, 4) is 0 Å². The van der Waals surface area contributed by atoms with Crippen LogP contribution in [0.5, 0.6) is 0 Å². The topological polar surface area (TPSA) is 51.5 Å². The Morgan fingerprint density at radius 3 is 2.88 bits per heavy atom. The highest BCUT2D eigenvalue weighted by atomic mass is 16.5. The summed E-state index contributed by atoms with van der Waals surface area (Å²) in [7, 11) is 0. The number of aromatic nitrogens is 1. The number of nitrogens with zero attached hydrogens (tertiary/aromatic N) is 2. The average Bonchev–Trinajstić information content (AvgIpc) is 2.98. The molecule has 0 spiro atoms. The maximum absolute atomic E-state index is 12.8. The van der Waals surface area contributed by atoms with Gasteiger partial charge in [-0.1, -0.05) is 24.3 Å². The van der Waals surface area contributed by atoms with Gasteiger partial charge in [-0.2, -0.15) is 0 Å². The number of rotatable bonds is 0. The van der Waals surface area contributed by atoms with Gasteiger partial charge in [-0.25, -0.2) is 4.79 Å². The van der Waals surface area contributed by atoms with Gasteiger partial charge in [0.25, 0.3) is 0 Å². The molecule has 0 aliphatic carbocycles. The number of cyclic esters (lactones) is 1. The zero-order valence-corrected chi connectivity index (χ0v) is 15.1. The molecule has 5 rings (SSSR count). The third kappa shape index (κ3) is 1.91. The van der Waals surface area contributed by atoms with Crippen molar-refractivity contribution >= 4 is 22.8 Å². The first-order valence-electron chi connectivity index (χ1n) is 9.32. The Kier molecular flexibility index (Phi) is 3.30. The van der Waals surface area contributed by atoms with Gasteiger partial charge in [-0.05, 0) is 37.0 Å². The molecule has 1 amide bonds. The maximum Gasteiger partial charge on any atom is 0.330 e. The number of carbonyl (C=O) groups excluding carboxylic acids is 2. The molecule has 5 heteroatoms. The number of benzene rings is 1. The van der Waals surface area contributed by atoms with Crippen LogP contribution in [0.4, 0.5) is 0 Å². The number of fused-ring (bicyclic) bond motifs is 5. The molecule has 1 fully saturated rings. The third-order valence-corrected chi connectivity index (χ3v) is 6.36. The van der Waals surface area contributed by atoms with Crippen molar-refractivity contribution in [3.63, 3.8) is 0 Å². The van der Waals surface area contributed by atoms with E-state index in [0.29, 0.717) is 6.61 Å². The van der Waals surface area contributed by atoms with E-state index < -0.39 is 0 Å². The fourth-order valence-electron chi connectivity index (χ4n) is 5.25. The summed E-state index contributed by atoms with van der Waals surface area (Å²) in [6, 6.07) is 7.99. The highest BCUT2D eigenvalue weighted by Crippen LogP contribution is 2.51. The van der Waals surface area contributed by atoms with Gasteiger partial charge in [0.2, 0.25) is 5.91 Å². The smallest absolute Gasteiger partial charge is 0.330 e. The molecule has 5 nitrogen and oxygen atoms in total. The van der Waals surface area contributed by atoms with Crippen LogP contribution >= 0.6 is 0 Å². The molecule has 0 radical (unpaired) electrons. The van der Waals surface area contributed by atoms with Crippen molar-refractivity contribution in [1.29, 1.82) is 0 Å². The Morgan fingerprint density at radius 1 is 1.31 bits per heavy atom. The van der Waals surface area contributed by atoms with Gasteiger partial charge >= 0.3 is 5.97 Å². The minimum absolute atomic E-state index is 0.0331. The van der Waals surface area contributed by atoms with Crippen LogP contribution in [0.3, 0.4) is 0 Å². The minimum Gasteiger partial charge on any atom is -0.460 e. The van der Waals surface area contributed by atoms with E-state index in [0.717, 1.165) is 36.2 Å². The molecule has 3 aliphatic heterocycles. The molecule has 2 aromatic rings. The Bertz CT molecular complexity index is 971. The molecule has 134 valence electrons. The Balaban J connectivity index is 1.82. The van der Waals surface area contributed by atoms with E-state index in [1.165, 1.54) is 10.9 Å². The van der Waals surface area contributed by atoms with Gasteiger partial charge in [0.05, 0.1) is 6.04 Å². The molecule has 0 unspecified atom stereocenters. The van der Waals surface area contributed by atoms with E-state index in [1.54, 1.807) is 6.92 Å². The van der Waals surface area contributed by atoms with Crippen LogP contribution in [0.2, 0.25) is 0 Å². The molecule has 3 atom stereocenters. The molecular formula is C21H22N2O3. The van der Waals surface area contributed by atoms with Crippen LogP contribution in [0, 0.1) is 5.92 Å². The van der Waals surface area contributed by atoms with Gasteiger partial charge in [-0.15, -0.1) is 0 Å². The van der Waals surface area contributed by atoms with Crippen LogP contribution in [0.15, 0.2) is 35.9 Å². The molecule has 0 saturated carbocycles. The lowest BCUT2D eigenvalue weighted by Crippen LogP contribution is -2.48. The Labute approximate surface area is 152 Å². The molecule has 0 bridgehead atoms. The van der Waals surface area contributed by atoms with Crippen LogP contribution in [0.1, 0.15) is 43.6 Å². The number of carbonyl (C=O) groups is 2. The van der Waals surface area contributed by atoms with Gasteiger partial charge in [0.15, 0.2) is 0 Å². The Hall–Kier alpha value is -2.56. The van der Waals surface area contributed by atoms with Crippen LogP contribution in [-0.2, 0) is 20.7 Å². The highest BCUT2D eigenvalue weighted by molar-refractivity contribution is 5.90. The minimum atomic E-state index is -0.327. The van der Waals surface area contributed by atoms with Crippen molar-refractivity contribution in [2.75, 3.05) is 13.2 Å². The number of amides is 1. The first-order chi connectivity index (χ1) is 12.6. The van der Waals surface area contributed by atoms with E-state index in [9.17, 15) is 9.59 Å². The standard InChI is InChI=1S/C21H22N2O3/c1-3-13-11-26-21(25)20-16(13)10-18-19-15(8-9-22(18)12(2)24)14-6-4-5-7-17(14)23(19)20/h3-7,16,18,20H,8-11H2,1-2H3/b13-3-/t16-,18-,20-/m0/s1. The predicted octanol–water partition coefficient (Wildman–Crippen LogP) is 3.15. The largest absolute Gasteiger partial charge is 0.460 e. The van der Waals surface area contributed by atoms with Crippen molar-refractivity contribution < 1.29 is 14.3 Å². The van der Waals surface area contributed by atoms with Crippen LogP contribution < -0.4 is 0 Å². The summed E-state index contributed by atoms with van der Waals surface area (Å²) >= 11 is 0.